The molecule has 1 aromatic heterocycles. The largest absolute Gasteiger partial charge is 0.353 e. The number of rotatable bonds is 10. The fraction of sp³-hybridized carbons (Fsp3) is 0.292. The van der Waals surface area contributed by atoms with Gasteiger partial charge in [0.15, 0.2) is 5.13 Å². The van der Waals surface area contributed by atoms with E-state index in [1.807, 2.05) is 80.5 Å². The number of aromatic nitrogens is 1. The molecule has 3 rings (SSSR count). The Morgan fingerprint density at radius 3 is 2.56 bits per heavy atom. The number of carbonyl (C=O) groups is 2. The van der Waals surface area contributed by atoms with Crippen LogP contribution in [0.3, 0.4) is 0 Å². The zero-order valence-electron chi connectivity index (χ0n) is 18.7. The van der Waals surface area contributed by atoms with Crippen LogP contribution < -0.4 is 10.6 Å². The van der Waals surface area contributed by atoms with Crippen molar-refractivity contribution in [2.24, 2.45) is 0 Å². The van der Waals surface area contributed by atoms with E-state index in [1.165, 1.54) is 16.2 Å². The first-order chi connectivity index (χ1) is 15.4. The number of likely N-dealkylation sites (N-methyl/N-ethyl adjacent to an activating group) is 1. The van der Waals surface area contributed by atoms with Crippen molar-refractivity contribution in [2.45, 2.75) is 13.5 Å². The van der Waals surface area contributed by atoms with Crippen molar-refractivity contribution in [1.82, 2.24) is 20.1 Å². The van der Waals surface area contributed by atoms with Crippen molar-refractivity contribution >= 4 is 34.0 Å². The maximum Gasteiger partial charge on any atom is 0.274 e. The Morgan fingerprint density at radius 2 is 1.84 bits per heavy atom. The zero-order valence-corrected chi connectivity index (χ0v) is 19.5. The third-order valence-corrected chi connectivity index (χ3v) is 5.47. The molecule has 0 saturated heterocycles. The highest BCUT2D eigenvalue weighted by Crippen LogP contribution is 2.22. The maximum atomic E-state index is 13.2. The first-order valence-corrected chi connectivity index (χ1v) is 11.3. The van der Waals surface area contributed by atoms with Gasteiger partial charge in [-0.25, -0.2) is 4.98 Å². The molecule has 2 N–H and O–H groups in total. The number of thiazole rings is 1. The second kappa shape index (κ2) is 11.4. The molecule has 0 saturated carbocycles. The Morgan fingerprint density at radius 1 is 1.06 bits per heavy atom. The van der Waals surface area contributed by atoms with Crippen LogP contribution in [0.2, 0.25) is 0 Å². The number of aryl methyl sites for hydroxylation is 1. The summed E-state index contributed by atoms with van der Waals surface area (Å²) in [4.78, 5) is 33.7. The summed E-state index contributed by atoms with van der Waals surface area (Å²) < 4.78 is 0. The fourth-order valence-corrected chi connectivity index (χ4v) is 3.79. The number of hydrogen-bond acceptors (Lipinski definition) is 6. The predicted molar refractivity (Wildman–Crippen MR) is 129 cm³/mol. The number of carbonyl (C=O) groups excluding carboxylic acids is 2. The molecule has 0 aliphatic heterocycles. The predicted octanol–water partition coefficient (Wildman–Crippen LogP) is 3.52. The van der Waals surface area contributed by atoms with E-state index in [0.29, 0.717) is 23.9 Å². The van der Waals surface area contributed by atoms with Crippen LogP contribution in [0.1, 0.15) is 21.6 Å². The molecule has 1 heterocycles. The lowest BCUT2D eigenvalue weighted by atomic mass is 10.2. The number of anilines is 2. The topological polar surface area (TPSA) is 77.6 Å². The summed E-state index contributed by atoms with van der Waals surface area (Å²) in [5.41, 5.74) is 3.33. The zero-order chi connectivity index (χ0) is 22.9. The van der Waals surface area contributed by atoms with Crippen molar-refractivity contribution in [2.75, 3.05) is 39.0 Å². The first-order valence-electron chi connectivity index (χ1n) is 10.4. The highest BCUT2D eigenvalue weighted by Gasteiger charge is 2.22. The molecule has 0 aliphatic carbocycles. The lowest BCUT2D eigenvalue weighted by Crippen LogP contribution is -2.42. The molecule has 7 nitrogen and oxygen atoms in total. The normalized spacial score (nSPS) is 10.8. The molecule has 2 amide bonds. The van der Waals surface area contributed by atoms with Gasteiger partial charge in [-0.2, -0.15) is 0 Å². The van der Waals surface area contributed by atoms with Gasteiger partial charge in [-0.1, -0.05) is 42.5 Å². The molecular weight excluding hydrogens is 422 g/mol. The Kier molecular flexibility index (Phi) is 8.35. The van der Waals surface area contributed by atoms with Crippen molar-refractivity contribution < 1.29 is 9.59 Å². The molecule has 0 atom stereocenters. The lowest BCUT2D eigenvalue weighted by molar-refractivity contribution is -0.121. The Balaban J connectivity index is 1.71. The van der Waals surface area contributed by atoms with Gasteiger partial charge in [0.2, 0.25) is 5.91 Å². The molecule has 32 heavy (non-hydrogen) atoms. The first kappa shape index (κ1) is 23.4. The van der Waals surface area contributed by atoms with Crippen molar-refractivity contribution in [3.63, 3.8) is 0 Å². The molecule has 0 fully saturated rings. The molecule has 0 bridgehead atoms. The third-order valence-electron chi connectivity index (χ3n) is 4.71. The van der Waals surface area contributed by atoms with Crippen LogP contribution >= 0.6 is 11.3 Å². The summed E-state index contributed by atoms with van der Waals surface area (Å²) in [6.07, 6.45) is 0. The molecule has 0 unspecified atom stereocenters. The van der Waals surface area contributed by atoms with Gasteiger partial charge in [-0.15, -0.1) is 11.3 Å². The number of amides is 2. The Bertz CT molecular complexity index is 1040. The SMILES string of the molecule is Cc1cccc(Nc2nc(C(=O)N(CC(=O)NCCN(C)C)Cc3ccccc3)cs2)c1. The smallest absolute Gasteiger partial charge is 0.274 e. The summed E-state index contributed by atoms with van der Waals surface area (Å²) in [7, 11) is 3.89. The monoisotopic (exact) mass is 451 g/mol. The van der Waals surface area contributed by atoms with Crippen molar-refractivity contribution in [1.29, 1.82) is 0 Å². The second-order valence-electron chi connectivity index (χ2n) is 7.83. The van der Waals surface area contributed by atoms with E-state index in [9.17, 15) is 9.59 Å². The molecular formula is C24H29N5O2S. The average molecular weight is 452 g/mol. The van der Waals surface area contributed by atoms with Gasteiger partial charge >= 0.3 is 0 Å². The summed E-state index contributed by atoms with van der Waals surface area (Å²) in [6.45, 7) is 3.59. The highest BCUT2D eigenvalue weighted by molar-refractivity contribution is 7.14. The summed E-state index contributed by atoms with van der Waals surface area (Å²) >= 11 is 1.36. The van der Waals surface area contributed by atoms with Gasteiger partial charge in [0.1, 0.15) is 12.2 Å². The maximum absolute atomic E-state index is 13.2. The minimum absolute atomic E-state index is 0.0284. The number of nitrogens with zero attached hydrogens (tertiary/aromatic N) is 3. The van der Waals surface area contributed by atoms with Crippen LogP contribution in [0, 0.1) is 6.92 Å². The highest BCUT2D eigenvalue weighted by atomic mass is 32.1. The molecule has 0 spiro atoms. The van der Waals surface area contributed by atoms with Crippen molar-refractivity contribution in [3.05, 3.63) is 76.8 Å². The van der Waals surface area contributed by atoms with Gasteiger partial charge in [0.25, 0.3) is 5.91 Å². The number of benzene rings is 2. The van der Waals surface area contributed by atoms with E-state index in [0.717, 1.165) is 23.4 Å². The Labute approximate surface area is 193 Å². The minimum atomic E-state index is -0.273. The van der Waals surface area contributed by atoms with E-state index in [1.54, 1.807) is 5.38 Å². The van der Waals surface area contributed by atoms with Gasteiger partial charge < -0.3 is 20.4 Å². The van der Waals surface area contributed by atoms with Gasteiger partial charge in [0.05, 0.1) is 0 Å². The molecule has 2 aromatic carbocycles. The van der Waals surface area contributed by atoms with Crippen LogP contribution in [0.25, 0.3) is 0 Å². The standard InChI is InChI=1S/C24H29N5O2S/c1-18-8-7-11-20(14-18)26-24-27-21(17-32-24)23(31)29(15-19-9-5-4-6-10-19)16-22(30)25-12-13-28(2)3/h4-11,14,17H,12-13,15-16H2,1-3H3,(H,25,30)(H,26,27). The van der Waals surface area contributed by atoms with Gasteiger partial charge in [-0.05, 0) is 44.3 Å². The summed E-state index contributed by atoms with van der Waals surface area (Å²) in [5, 5.41) is 8.47. The van der Waals surface area contributed by atoms with E-state index in [2.05, 4.69) is 15.6 Å². The lowest BCUT2D eigenvalue weighted by Gasteiger charge is -2.22. The van der Waals surface area contributed by atoms with E-state index in [-0.39, 0.29) is 18.4 Å². The summed E-state index contributed by atoms with van der Waals surface area (Å²) in [6, 6.07) is 17.6. The molecule has 0 aliphatic rings. The van der Waals surface area contributed by atoms with E-state index < -0.39 is 0 Å². The molecule has 168 valence electrons. The van der Waals surface area contributed by atoms with Crippen LogP contribution in [0.4, 0.5) is 10.8 Å². The van der Waals surface area contributed by atoms with Crippen molar-refractivity contribution in [3.8, 4) is 0 Å². The van der Waals surface area contributed by atoms with E-state index in [4.69, 9.17) is 0 Å². The second-order valence-corrected chi connectivity index (χ2v) is 8.69. The Hall–Kier alpha value is -3.23. The van der Waals surface area contributed by atoms with Gasteiger partial charge in [0, 0.05) is 30.7 Å². The number of hydrogen-bond donors (Lipinski definition) is 2. The minimum Gasteiger partial charge on any atom is -0.353 e. The van der Waals surface area contributed by atoms with Gasteiger partial charge in [-0.3, -0.25) is 9.59 Å². The van der Waals surface area contributed by atoms with Crippen LogP contribution in [-0.4, -0.2) is 60.3 Å². The van der Waals surface area contributed by atoms with E-state index >= 15 is 0 Å². The summed E-state index contributed by atoms with van der Waals surface area (Å²) in [5.74, 6) is -0.463. The van der Waals surface area contributed by atoms with Crippen LogP contribution in [-0.2, 0) is 11.3 Å². The fourth-order valence-electron chi connectivity index (χ4n) is 3.09. The van der Waals surface area contributed by atoms with Crippen LogP contribution in [0.15, 0.2) is 60.0 Å². The molecule has 0 radical (unpaired) electrons. The van der Waals surface area contributed by atoms with Crippen LogP contribution in [0.5, 0.6) is 0 Å². The molecule has 8 heteroatoms. The third kappa shape index (κ3) is 7.18. The average Bonchev–Trinajstić information content (AvgIpc) is 3.21. The quantitative estimate of drug-likeness (QED) is 0.493. The number of nitrogens with one attached hydrogen (secondary N) is 2. The molecule has 3 aromatic rings.